The Morgan fingerprint density at radius 2 is 2.25 bits per heavy atom. The molecule has 0 radical (unpaired) electrons. The summed E-state index contributed by atoms with van der Waals surface area (Å²) in [6, 6.07) is 7.89. The van der Waals surface area contributed by atoms with Crippen molar-refractivity contribution in [3.8, 4) is 0 Å². The maximum absolute atomic E-state index is 6.20. The van der Waals surface area contributed by atoms with Crippen LogP contribution in [0, 0.1) is 5.92 Å². The van der Waals surface area contributed by atoms with Crippen molar-refractivity contribution in [1.82, 2.24) is 9.97 Å². The Hall–Kier alpha value is -1.81. The molecule has 2 aromatic rings. The molecule has 104 valence electrons. The molecular weight excluding hydrogens is 272 g/mol. The Kier molecular flexibility index (Phi) is 4.02. The molecule has 0 spiro atoms. The molecule has 3 rings (SSSR count). The van der Waals surface area contributed by atoms with Crippen LogP contribution in [0.2, 0.25) is 5.02 Å². The van der Waals surface area contributed by atoms with Gasteiger partial charge in [0.25, 0.3) is 0 Å². The minimum atomic E-state index is 0.612. The fourth-order valence-electron chi connectivity index (χ4n) is 2.56. The van der Waals surface area contributed by atoms with Gasteiger partial charge < -0.3 is 10.2 Å². The Bertz CT molecular complexity index is 561. The number of hydrogen-bond donors (Lipinski definition) is 1. The van der Waals surface area contributed by atoms with E-state index in [4.69, 9.17) is 11.6 Å². The number of aromatic nitrogens is 2. The third-order valence-electron chi connectivity index (χ3n) is 3.61. The summed E-state index contributed by atoms with van der Waals surface area (Å²) in [7, 11) is 0. The second-order valence-electron chi connectivity index (χ2n) is 5.02. The summed E-state index contributed by atoms with van der Waals surface area (Å²) >= 11 is 6.20. The number of nitrogens with zero attached hydrogens (tertiary/aromatic N) is 3. The van der Waals surface area contributed by atoms with Crippen LogP contribution in [-0.2, 0) is 0 Å². The molecule has 4 nitrogen and oxygen atoms in total. The van der Waals surface area contributed by atoms with Gasteiger partial charge in [0, 0.05) is 38.2 Å². The molecule has 2 aromatic heterocycles. The van der Waals surface area contributed by atoms with Gasteiger partial charge in [-0.1, -0.05) is 17.7 Å². The number of anilines is 2. The molecule has 0 aliphatic carbocycles. The first-order valence-electron chi connectivity index (χ1n) is 6.82. The van der Waals surface area contributed by atoms with Gasteiger partial charge in [0.05, 0.1) is 10.7 Å². The summed E-state index contributed by atoms with van der Waals surface area (Å²) in [5, 5.41) is 4.12. The van der Waals surface area contributed by atoms with Crippen molar-refractivity contribution in [2.24, 2.45) is 5.92 Å². The first-order valence-corrected chi connectivity index (χ1v) is 7.20. The van der Waals surface area contributed by atoms with Crippen molar-refractivity contribution in [3.63, 3.8) is 0 Å². The molecule has 3 heterocycles. The van der Waals surface area contributed by atoms with Crippen molar-refractivity contribution in [2.45, 2.75) is 6.42 Å². The smallest absolute Gasteiger partial charge is 0.125 e. The van der Waals surface area contributed by atoms with E-state index in [0.717, 1.165) is 36.2 Å². The zero-order valence-electron chi connectivity index (χ0n) is 11.2. The van der Waals surface area contributed by atoms with Gasteiger partial charge in [-0.05, 0) is 30.5 Å². The van der Waals surface area contributed by atoms with Crippen LogP contribution in [0.25, 0.3) is 0 Å². The second-order valence-corrected chi connectivity index (χ2v) is 5.43. The van der Waals surface area contributed by atoms with Crippen LogP contribution in [0.15, 0.2) is 42.9 Å². The van der Waals surface area contributed by atoms with Gasteiger partial charge in [-0.3, -0.25) is 4.98 Å². The van der Waals surface area contributed by atoms with Crippen molar-refractivity contribution in [2.75, 3.05) is 29.9 Å². The summed E-state index contributed by atoms with van der Waals surface area (Å²) in [4.78, 5) is 10.6. The summed E-state index contributed by atoms with van der Waals surface area (Å²) in [6.45, 7) is 3.00. The quantitative estimate of drug-likeness (QED) is 0.939. The first-order chi connectivity index (χ1) is 9.83. The fourth-order valence-corrected chi connectivity index (χ4v) is 2.80. The molecule has 0 amide bonds. The van der Waals surface area contributed by atoms with Gasteiger partial charge in [-0.25, -0.2) is 4.98 Å². The lowest BCUT2D eigenvalue weighted by atomic mass is 10.1. The third kappa shape index (κ3) is 3.02. The molecule has 1 atom stereocenters. The van der Waals surface area contributed by atoms with Gasteiger partial charge in [0.2, 0.25) is 0 Å². The highest BCUT2D eigenvalue weighted by molar-refractivity contribution is 6.33. The summed E-state index contributed by atoms with van der Waals surface area (Å²) in [5.41, 5.74) is 1.09. The lowest BCUT2D eigenvalue weighted by Gasteiger charge is -2.19. The second kappa shape index (κ2) is 6.09. The molecule has 1 saturated heterocycles. The van der Waals surface area contributed by atoms with E-state index in [0.29, 0.717) is 5.92 Å². The van der Waals surface area contributed by atoms with Crippen molar-refractivity contribution in [1.29, 1.82) is 0 Å². The van der Waals surface area contributed by atoms with Gasteiger partial charge in [0.15, 0.2) is 0 Å². The molecule has 20 heavy (non-hydrogen) atoms. The van der Waals surface area contributed by atoms with Crippen LogP contribution in [-0.4, -0.2) is 29.6 Å². The molecule has 0 saturated carbocycles. The Morgan fingerprint density at radius 3 is 3.05 bits per heavy atom. The summed E-state index contributed by atoms with van der Waals surface area (Å²) in [5.74, 6) is 1.55. The molecule has 0 bridgehead atoms. The number of halogens is 1. The van der Waals surface area contributed by atoms with Gasteiger partial charge in [-0.15, -0.1) is 0 Å². The number of hydrogen-bond acceptors (Lipinski definition) is 4. The molecule has 1 unspecified atom stereocenters. The highest BCUT2D eigenvalue weighted by atomic mass is 35.5. The van der Waals surface area contributed by atoms with Crippen LogP contribution >= 0.6 is 11.6 Å². The van der Waals surface area contributed by atoms with Gasteiger partial charge in [0.1, 0.15) is 5.82 Å². The standard InChI is InChI=1S/C15H17ClN4/c16-13-10-17-7-4-14(13)20-8-5-12(11-20)9-19-15-3-1-2-6-18-15/h1-4,6-7,10,12H,5,8-9,11H2,(H,18,19). The first kappa shape index (κ1) is 13.2. The van der Waals surface area contributed by atoms with Crippen LogP contribution < -0.4 is 10.2 Å². The van der Waals surface area contributed by atoms with E-state index in [1.807, 2.05) is 24.3 Å². The minimum absolute atomic E-state index is 0.612. The van der Waals surface area contributed by atoms with Crippen molar-refractivity contribution in [3.05, 3.63) is 47.9 Å². The lowest BCUT2D eigenvalue weighted by Crippen LogP contribution is -2.22. The molecule has 1 N–H and O–H groups in total. The van der Waals surface area contributed by atoms with Gasteiger partial charge in [-0.2, -0.15) is 0 Å². The highest BCUT2D eigenvalue weighted by Gasteiger charge is 2.23. The Balaban J connectivity index is 1.56. The monoisotopic (exact) mass is 288 g/mol. The molecule has 5 heteroatoms. The fraction of sp³-hybridized carbons (Fsp3) is 0.333. The van der Waals surface area contributed by atoms with E-state index in [2.05, 4.69) is 20.2 Å². The third-order valence-corrected chi connectivity index (χ3v) is 3.91. The zero-order chi connectivity index (χ0) is 13.8. The molecular formula is C15H17ClN4. The minimum Gasteiger partial charge on any atom is -0.370 e. The van der Waals surface area contributed by atoms with Crippen molar-refractivity contribution >= 4 is 23.1 Å². The average Bonchev–Trinajstić information content (AvgIpc) is 2.95. The summed E-state index contributed by atoms with van der Waals surface area (Å²) in [6.07, 6.45) is 6.47. The van der Waals surface area contributed by atoms with E-state index in [-0.39, 0.29) is 0 Å². The molecule has 0 aromatic carbocycles. The largest absolute Gasteiger partial charge is 0.370 e. The topological polar surface area (TPSA) is 41.1 Å². The van der Waals surface area contributed by atoms with Gasteiger partial charge >= 0.3 is 0 Å². The summed E-state index contributed by atoms with van der Waals surface area (Å²) < 4.78 is 0. The highest BCUT2D eigenvalue weighted by Crippen LogP contribution is 2.29. The Morgan fingerprint density at radius 1 is 1.30 bits per heavy atom. The van der Waals surface area contributed by atoms with E-state index in [9.17, 15) is 0 Å². The van der Waals surface area contributed by atoms with Crippen LogP contribution in [0.1, 0.15) is 6.42 Å². The van der Waals surface area contributed by atoms with E-state index in [1.54, 1.807) is 18.6 Å². The lowest BCUT2D eigenvalue weighted by molar-refractivity contribution is 0.621. The van der Waals surface area contributed by atoms with Crippen LogP contribution in [0.3, 0.4) is 0 Å². The number of nitrogens with one attached hydrogen (secondary N) is 1. The number of rotatable bonds is 4. The van der Waals surface area contributed by atoms with Crippen molar-refractivity contribution < 1.29 is 0 Å². The average molecular weight is 289 g/mol. The van der Waals surface area contributed by atoms with E-state index < -0.39 is 0 Å². The maximum Gasteiger partial charge on any atom is 0.125 e. The maximum atomic E-state index is 6.20. The van der Waals surface area contributed by atoms with Crippen LogP contribution in [0.5, 0.6) is 0 Å². The normalized spacial score (nSPS) is 18.2. The molecule has 1 aliphatic rings. The van der Waals surface area contributed by atoms with E-state index >= 15 is 0 Å². The number of pyridine rings is 2. The predicted molar refractivity (Wildman–Crippen MR) is 82.3 cm³/mol. The van der Waals surface area contributed by atoms with E-state index in [1.165, 1.54) is 6.42 Å². The Labute approximate surface area is 123 Å². The van der Waals surface area contributed by atoms with Crippen LogP contribution in [0.4, 0.5) is 11.5 Å². The molecule has 1 aliphatic heterocycles. The predicted octanol–water partition coefficient (Wildman–Crippen LogP) is 3.07. The molecule has 1 fully saturated rings. The SMILES string of the molecule is Clc1cnccc1N1CCC(CNc2ccccn2)C1. The zero-order valence-corrected chi connectivity index (χ0v) is 11.9.